The van der Waals surface area contributed by atoms with Crippen LogP contribution in [0, 0.1) is 0 Å². The van der Waals surface area contributed by atoms with Crippen molar-refractivity contribution in [3.8, 4) is 0 Å². The zero-order valence-electron chi connectivity index (χ0n) is 12.7. The molecule has 0 aromatic carbocycles. The SMILES string of the molecule is Cn1cccc1C(=O)N1CCN(c2ccc(C(=O)O)nn2)CC1. The summed E-state index contributed by atoms with van der Waals surface area (Å²) in [5.74, 6) is -0.451. The fourth-order valence-electron chi connectivity index (χ4n) is 2.59. The van der Waals surface area contributed by atoms with E-state index in [1.54, 1.807) is 6.07 Å². The summed E-state index contributed by atoms with van der Waals surface area (Å²) in [4.78, 5) is 27.0. The van der Waals surface area contributed by atoms with Crippen LogP contribution in [0.15, 0.2) is 30.5 Å². The largest absolute Gasteiger partial charge is 0.476 e. The quantitative estimate of drug-likeness (QED) is 0.885. The highest BCUT2D eigenvalue weighted by Gasteiger charge is 2.24. The molecule has 2 aromatic rings. The van der Waals surface area contributed by atoms with Crippen LogP contribution in [0.25, 0.3) is 0 Å². The zero-order chi connectivity index (χ0) is 16.4. The van der Waals surface area contributed by atoms with Crippen LogP contribution >= 0.6 is 0 Å². The molecule has 8 nitrogen and oxygen atoms in total. The van der Waals surface area contributed by atoms with Gasteiger partial charge < -0.3 is 19.5 Å². The molecule has 1 aliphatic rings. The molecule has 3 rings (SSSR count). The first-order valence-electron chi connectivity index (χ1n) is 7.29. The van der Waals surface area contributed by atoms with Crippen molar-refractivity contribution in [3.05, 3.63) is 41.9 Å². The van der Waals surface area contributed by atoms with Gasteiger partial charge in [-0.1, -0.05) is 0 Å². The van der Waals surface area contributed by atoms with Crippen LogP contribution in [0.5, 0.6) is 0 Å². The number of carbonyl (C=O) groups is 2. The van der Waals surface area contributed by atoms with E-state index >= 15 is 0 Å². The Morgan fingerprint density at radius 3 is 2.35 bits per heavy atom. The van der Waals surface area contributed by atoms with E-state index in [9.17, 15) is 9.59 Å². The summed E-state index contributed by atoms with van der Waals surface area (Å²) in [7, 11) is 1.85. The number of rotatable bonds is 3. The second kappa shape index (κ2) is 6.07. The standard InChI is InChI=1S/C15H17N5O3/c1-18-6-2-3-12(18)14(21)20-9-7-19(8-10-20)13-5-4-11(15(22)23)16-17-13/h2-6H,7-10H2,1H3,(H,22,23). The Kier molecular flexibility index (Phi) is 3.96. The van der Waals surface area contributed by atoms with Crippen molar-refractivity contribution < 1.29 is 14.7 Å². The third kappa shape index (κ3) is 3.01. The summed E-state index contributed by atoms with van der Waals surface area (Å²) in [6.45, 7) is 2.45. The van der Waals surface area contributed by atoms with Crippen LogP contribution in [0.1, 0.15) is 21.0 Å². The molecule has 0 saturated carbocycles. The second-order valence-electron chi connectivity index (χ2n) is 5.37. The molecule has 1 N–H and O–H groups in total. The Morgan fingerprint density at radius 1 is 1.09 bits per heavy atom. The number of carbonyl (C=O) groups excluding carboxylic acids is 1. The number of amides is 1. The maximum absolute atomic E-state index is 12.4. The van der Waals surface area contributed by atoms with E-state index in [-0.39, 0.29) is 11.6 Å². The Balaban J connectivity index is 1.63. The van der Waals surface area contributed by atoms with Gasteiger partial charge >= 0.3 is 5.97 Å². The number of carboxylic acid groups (broad SMARTS) is 1. The highest BCUT2D eigenvalue weighted by Crippen LogP contribution is 2.14. The van der Waals surface area contributed by atoms with Crippen LogP contribution in [0.4, 0.5) is 5.82 Å². The van der Waals surface area contributed by atoms with Gasteiger partial charge in [0.15, 0.2) is 11.5 Å². The Labute approximate surface area is 133 Å². The van der Waals surface area contributed by atoms with Crippen molar-refractivity contribution in [3.63, 3.8) is 0 Å². The average Bonchev–Trinajstić information content (AvgIpc) is 3.00. The lowest BCUT2D eigenvalue weighted by molar-refractivity contribution is 0.0687. The van der Waals surface area contributed by atoms with E-state index in [4.69, 9.17) is 5.11 Å². The van der Waals surface area contributed by atoms with Crippen molar-refractivity contribution in [1.82, 2.24) is 19.7 Å². The fraction of sp³-hybridized carbons (Fsp3) is 0.333. The normalized spacial score (nSPS) is 14.8. The Bertz CT molecular complexity index is 717. The molecule has 0 bridgehead atoms. The van der Waals surface area contributed by atoms with Crippen LogP contribution in [-0.2, 0) is 7.05 Å². The summed E-state index contributed by atoms with van der Waals surface area (Å²) < 4.78 is 1.81. The minimum Gasteiger partial charge on any atom is -0.476 e. The topological polar surface area (TPSA) is 91.6 Å². The smallest absolute Gasteiger partial charge is 0.356 e. The molecular weight excluding hydrogens is 298 g/mol. The molecule has 0 radical (unpaired) electrons. The van der Waals surface area contributed by atoms with E-state index in [0.29, 0.717) is 37.7 Å². The molecule has 1 aliphatic heterocycles. The predicted octanol–water partition coefficient (Wildman–Crippen LogP) is 0.476. The van der Waals surface area contributed by atoms with E-state index in [1.165, 1.54) is 6.07 Å². The molecule has 120 valence electrons. The molecule has 1 amide bonds. The lowest BCUT2D eigenvalue weighted by atomic mass is 10.2. The fourth-order valence-corrected chi connectivity index (χ4v) is 2.59. The molecule has 1 fully saturated rings. The monoisotopic (exact) mass is 315 g/mol. The van der Waals surface area contributed by atoms with E-state index < -0.39 is 5.97 Å². The lowest BCUT2D eigenvalue weighted by Crippen LogP contribution is -2.49. The molecule has 0 atom stereocenters. The van der Waals surface area contributed by atoms with Gasteiger partial charge in [-0.2, -0.15) is 0 Å². The lowest BCUT2D eigenvalue weighted by Gasteiger charge is -2.35. The van der Waals surface area contributed by atoms with Crippen molar-refractivity contribution in [1.29, 1.82) is 0 Å². The van der Waals surface area contributed by atoms with Gasteiger partial charge in [0.25, 0.3) is 5.91 Å². The molecular formula is C15H17N5O3. The van der Waals surface area contributed by atoms with Crippen LogP contribution in [0.2, 0.25) is 0 Å². The van der Waals surface area contributed by atoms with Gasteiger partial charge in [-0.05, 0) is 24.3 Å². The summed E-state index contributed by atoms with van der Waals surface area (Å²) in [6.07, 6.45) is 1.85. The number of aromatic carboxylic acids is 1. The van der Waals surface area contributed by atoms with Gasteiger partial charge in [0, 0.05) is 39.4 Å². The molecule has 0 aliphatic carbocycles. The van der Waals surface area contributed by atoms with Crippen molar-refractivity contribution in [2.24, 2.45) is 7.05 Å². The van der Waals surface area contributed by atoms with Crippen LogP contribution in [0.3, 0.4) is 0 Å². The number of hydrogen-bond donors (Lipinski definition) is 1. The van der Waals surface area contributed by atoms with E-state index in [0.717, 1.165) is 0 Å². The van der Waals surface area contributed by atoms with Crippen molar-refractivity contribution in [2.75, 3.05) is 31.1 Å². The minimum atomic E-state index is -1.10. The van der Waals surface area contributed by atoms with Crippen LogP contribution < -0.4 is 4.90 Å². The maximum Gasteiger partial charge on any atom is 0.356 e. The van der Waals surface area contributed by atoms with Crippen molar-refractivity contribution >= 4 is 17.7 Å². The van der Waals surface area contributed by atoms with E-state index in [2.05, 4.69) is 10.2 Å². The van der Waals surface area contributed by atoms with Gasteiger partial charge in [0.1, 0.15) is 5.69 Å². The van der Waals surface area contributed by atoms with Crippen LogP contribution in [-0.4, -0.2) is 62.8 Å². The number of aromatic nitrogens is 3. The number of hydrogen-bond acceptors (Lipinski definition) is 5. The Morgan fingerprint density at radius 2 is 1.83 bits per heavy atom. The maximum atomic E-state index is 12.4. The van der Waals surface area contributed by atoms with Gasteiger partial charge in [-0.3, -0.25) is 4.79 Å². The third-order valence-electron chi connectivity index (χ3n) is 3.92. The number of aryl methyl sites for hydroxylation is 1. The summed E-state index contributed by atoms with van der Waals surface area (Å²) >= 11 is 0. The van der Waals surface area contributed by atoms with Gasteiger partial charge in [-0.15, -0.1) is 10.2 Å². The molecule has 0 spiro atoms. The molecule has 3 heterocycles. The van der Waals surface area contributed by atoms with Gasteiger partial charge in [0.2, 0.25) is 0 Å². The van der Waals surface area contributed by atoms with Crippen molar-refractivity contribution in [2.45, 2.75) is 0 Å². The summed E-state index contributed by atoms with van der Waals surface area (Å²) in [5.41, 5.74) is 0.593. The Hall–Kier alpha value is -2.90. The third-order valence-corrected chi connectivity index (χ3v) is 3.92. The summed E-state index contributed by atoms with van der Waals surface area (Å²) in [5, 5.41) is 16.5. The average molecular weight is 315 g/mol. The van der Waals surface area contributed by atoms with Gasteiger partial charge in [0.05, 0.1) is 0 Å². The zero-order valence-corrected chi connectivity index (χ0v) is 12.7. The number of piperazine rings is 1. The molecule has 0 unspecified atom stereocenters. The first kappa shape index (κ1) is 15.0. The number of anilines is 1. The second-order valence-corrected chi connectivity index (χ2v) is 5.37. The molecule has 23 heavy (non-hydrogen) atoms. The first-order valence-corrected chi connectivity index (χ1v) is 7.29. The highest BCUT2D eigenvalue weighted by atomic mass is 16.4. The summed E-state index contributed by atoms with van der Waals surface area (Å²) in [6, 6.07) is 6.74. The number of nitrogens with zero attached hydrogens (tertiary/aromatic N) is 5. The molecule has 1 saturated heterocycles. The highest BCUT2D eigenvalue weighted by molar-refractivity contribution is 5.93. The number of carboxylic acids is 1. The minimum absolute atomic E-state index is 0.0180. The van der Waals surface area contributed by atoms with Gasteiger partial charge in [-0.25, -0.2) is 4.79 Å². The first-order chi connectivity index (χ1) is 11.1. The van der Waals surface area contributed by atoms with E-state index in [1.807, 2.05) is 39.7 Å². The molecule has 2 aromatic heterocycles. The predicted molar refractivity (Wildman–Crippen MR) is 82.5 cm³/mol. The molecule has 8 heteroatoms.